The van der Waals surface area contributed by atoms with E-state index in [-0.39, 0.29) is 11.4 Å². The van der Waals surface area contributed by atoms with Crippen LogP contribution in [0, 0.1) is 0 Å². The molecule has 2 aliphatic carbocycles. The molecule has 0 aliphatic heterocycles. The summed E-state index contributed by atoms with van der Waals surface area (Å²) in [5.41, 5.74) is 5.23. The van der Waals surface area contributed by atoms with E-state index >= 15 is 0 Å². The minimum Gasteiger partial charge on any atom is -0.344 e. The second-order valence-corrected chi connectivity index (χ2v) is 13.5. The van der Waals surface area contributed by atoms with Crippen LogP contribution in [0.3, 0.4) is 0 Å². The van der Waals surface area contributed by atoms with Gasteiger partial charge in [-0.15, -0.1) is 0 Å². The van der Waals surface area contributed by atoms with Gasteiger partial charge in [-0.25, -0.2) is 0 Å². The van der Waals surface area contributed by atoms with Crippen molar-refractivity contribution in [3.63, 3.8) is 0 Å². The number of para-hydroxylation sites is 3. The summed E-state index contributed by atoms with van der Waals surface area (Å²) in [5.74, 6) is 1.35. The van der Waals surface area contributed by atoms with E-state index in [1.165, 1.54) is 69.5 Å². The van der Waals surface area contributed by atoms with Crippen LogP contribution in [0.4, 0.5) is 13.2 Å². The van der Waals surface area contributed by atoms with E-state index in [1.807, 2.05) is 0 Å². The zero-order chi connectivity index (χ0) is 32.7. The summed E-state index contributed by atoms with van der Waals surface area (Å²) in [4.78, 5) is 0. The number of alkyl halides is 3. The fourth-order valence-corrected chi connectivity index (χ4v) is 6.20. The van der Waals surface area contributed by atoms with Crippen LogP contribution in [-0.2, 0) is 6.18 Å². The first-order valence-corrected chi connectivity index (χ1v) is 16.6. The third-order valence-corrected chi connectivity index (χ3v) is 8.80. The molecular formula is C38H44F3N5. The molecule has 5 nitrogen and oxygen atoms in total. The molecule has 3 aromatic carbocycles. The molecule has 0 radical (unpaired) electrons. The molecule has 2 saturated carbocycles. The Morgan fingerprint density at radius 2 is 1.13 bits per heavy atom. The largest absolute Gasteiger partial charge is 0.435 e. The predicted molar refractivity (Wildman–Crippen MR) is 182 cm³/mol. The maximum Gasteiger partial charge on any atom is 0.435 e. The Labute approximate surface area is 269 Å². The molecule has 3 aromatic heterocycles. The van der Waals surface area contributed by atoms with Crippen LogP contribution in [0.15, 0.2) is 79.0 Å². The van der Waals surface area contributed by atoms with Gasteiger partial charge in [0.2, 0.25) is 0 Å². The summed E-state index contributed by atoms with van der Waals surface area (Å²) in [7, 11) is 0. The van der Waals surface area contributed by atoms with Gasteiger partial charge in [0.15, 0.2) is 5.69 Å². The average molecular weight is 628 g/mol. The number of rotatable bonds is 5. The fraction of sp³-hybridized carbons (Fsp3) is 0.421. The standard InChI is InChI=1S/C14H17N.C13H16N2.C11H11F3N2/c1-10(2)13-9-15(11-7-8-11)14-6-4-3-5-12(13)14;1-9(2)15-12-6-4-3-5-11(12)13(14-15)10-7-8-10;1-7(2)16-9-6-4-3-5-8(9)10(15-16)11(12,13)14/h3-6,9-11H,7-8H2,1-2H3;3-6,9-10H,7-8H2,1-2H3;3-7H,1-2H3. The molecule has 3 heterocycles. The van der Waals surface area contributed by atoms with Crippen LogP contribution in [0.2, 0.25) is 0 Å². The number of aromatic nitrogens is 5. The van der Waals surface area contributed by atoms with Gasteiger partial charge in [-0.05, 0) is 83.1 Å². The lowest BCUT2D eigenvalue weighted by Gasteiger charge is -2.06. The Hall–Kier alpha value is -4.07. The first-order valence-electron chi connectivity index (χ1n) is 16.6. The Morgan fingerprint density at radius 3 is 1.65 bits per heavy atom. The molecular weight excluding hydrogens is 583 g/mol. The van der Waals surface area contributed by atoms with Gasteiger partial charge in [-0.3, -0.25) is 9.36 Å². The van der Waals surface area contributed by atoms with Gasteiger partial charge in [0.25, 0.3) is 0 Å². The van der Waals surface area contributed by atoms with Crippen LogP contribution in [0.25, 0.3) is 32.7 Å². The van der Waals surface area contributed by atoms with Crippen molar-refractivity contribution in [2.75, 3.05) is 0 Å². The van der Waals surface area contributed by atoms with Gasteiger partial charge in [-0.1, -0.05) is 68.4 Å². The van der Waals surface area contributed by atoms with Crippen molar-refractivity contribution < 1.29 is 13.2 Å². The molecule has 46 heavy (non-hydrogen) atoms. The lowest BCUT2D eigenvalue weighted by atomic mass is 10.0. The van der Waals surface area contributed by atoms with Crippen LogP contribution < -0.4 is 0 Å². The summed E-state index contributed by atoms with van der Waals surface area (Å²) in [5, 5.41) is 11.4. The fourth-order valence-electron chi connectivity index (χ4n) is 6.20. The molecule has 2 fully saturated rings. The lowest BCUT2D eigenvalue weighted by Crippen LogP contribution is -2.09. The van der Waals surface area contributed by atoms with E-state index in [1.54, 1.807) is 32.0 Å². The van der Waals surface area contributed by atoms with Gasteiger partial charge in [0.1, 0.15) is 0 Å². The molecule has 0 spiro atoms. The van der Waals surface area contributed by atoms with E-state index in [0.717, 1.165) is 12.0 Å². The van der Waals surface area contributed by atoms with Gasteiger partial charge in [0, 0.05) is 51.9 Å². The Morgan fingerprint density at radius 1 is 0.630 bits per heavy atom. The van der Waals surface area contributed by atoms with E-state index in [0.29, 0.717) is 17.5 Å². The molecule has 8 rings (SSSR count). The zero-order valence-corrected chi connectivity index (χ0v) is 27.6. The molecule has 0 amide bonds. The number of hydrogen-bond acceptors (Lipinski definition) is 2. The number of fused-ring (bicyclic) bond motifs is 3. The quantitative estimate of drug-likeness (QED) is 0.191. The van der Waals surface area contributed by atoms with Crippen molar-refractivity contribution >= 4 is 32.7 Å². The molecule has 242 valence electrons. The maximum absolute atomic E-state index is 12.7. The van der Waals surface area contributed by atoms with Crippen LogP contribution >= 0.6 is 0 Å². The monoisotopic (exact) mass is 627 g/mol. The molecule has 8 heteroatoms. The highest BCUT2D eigenvalue weighted by molar-refractivity contribution is 5.85. The highest BCUT2D eigenvalue weighted by Crippen LogP contribution is 2.43. The second kappa shape index (κ2) is 12.6. The van der Waals surface area contributed by atoms with Crippen molar-refractivity contribution in [2.45, 2.75) is 103 Å². The maximum atomic E-state index is 12.7. The molecule has 0 atom stereocenters. The normalized spacial score (nSPS) is 15.1. The Kier molecular flexibility index (Phi) is 8.75. The smallest absolute Gasteiger partial charge is 0.344 e. The third-order valence-electron chi connectivity index (χ3n) is 8.80. The summed E-state index contributed by atoms with van der Waals surface area (Å²) in [6.07, 6.45) is 3.32. The number of benzene rings is 3. The highest BCUT2D eigenvalue weighted by atomic mass is 19.4. The van der Waals surface area contributed by atoms with E-state index < -0.39 is 11.9 Å². The molecule has 6 aromatic rings. The average Bonchev–Trinajstić information content (AvgIpc) is 3.94. The summed E-state index contributed by atoms with van der Waals surface area (Å²) >= 11 is 0. The van der Waals surface area contributed by atoms with Crippen LogP contribution in [-0.4, -0.2) is 24.1 Å². The third kappa shape index (κ3) is 6.44. The summed E-state index contributed by atoms with van der Waals surface area (Å²) in [6.45, 7) is 12.5. The summed E-state index contributed by atoms with van der Waals surface area (Å²) in [6, 6.07) is 24.9. The Bertz CT molecular complexity index is 1780. The van der Waals surface area contributed by atoms with E-state index in [2.05, 4.69) is 96.8 Å². The highest BCUT2D eigenvalue weighted by Gasteiger charge is 2.37. The molecule has 2 aliphatic rings. The SMILES string of the molecule is CC(C)c1cn(C2CC2)c2ccccc12.CC(C)n1nc(C(F)(F)F)c2ccccc21.CC(C)n1nc(C2CC2)c2ccccc21. The van der Waals surface area contributed by atoms with Gasteiger partial charge in [-0.2, -0.15) is 23.4 Å². The number of halogens is 3. The number of nitrogens with zero attached hydrogens (tertiary/aromatic N) is 5. The van der Waals surface area contributed by atoms with Crippen LogP contribution in [0.1, 0.15) is 114 Å². The van der Waals surface area contributed by atoms with Crippen molar-refractivity contribution in [1.82, 2.24) is 24.1 Å². The molecule has 0 N–H and O–H groups in total. The topological polar surface area (TPSA) is 40.6 Å². The first kappa shape index (κ1) is 31.9. The van der Waals surface area contributed by atoms with E-state index in [4.69, 9.17) is 5.10 Å². The molecule has 0 saturated heterocycles. The van der Waals surface area contributed by atoms with Crippen molar-refractivity contribution in [3.05, 3.63) is 95.9 Å². The molecule has 0 bridgehead atoms. The summed E-state index contributed by atoms with van der Waals surface area (Å²) < 4.78 is 44.2. The zero-order valence-electron chi connectivity index (χ0n) is 27.6. The van der Waals surface area contributed by atoms with Gasteiger partial charge >= 0.3 is 6.18 Å². The van der Waals surface area contributed by atoms with Crippen LogP contribution in [0.5, 0.6) is 0 Å². The Balaban J connectivity index is 0.000000121. The van der Waals surface area contributed by atoms with Crippen molar-refractivity contribution in [2.24, 2.45) is 0 Å². The predicted octanol–water partition coefficient (Wildman–Crippen LogP) is 11.2. The van der Waals surface area contributed by atoms with Crippen molar-refractivity contribution in [1.29, 1.82) is 0 Å². The molecule has 0 unspecified atom stereocenters. The lowest BCUT2D eigenvalue weighted by molar-refractivity contribution is -0.140. The van der Waals surface area contributed by atoms with Gasteiger partial charge < -0.3 is 4.57 Å². The van der Waals surface area contributed by atoms with E-state index in [9.17, 15) is 13.2 Å². The minimum absolute atomic E-state index is 0.0963. The van der Waals surface area contributed by atoms with Gasteiger partial charge in [0.05, 0.1) is 16.7 Å². The minimum atomic E-state index is -4.40. The first-order chi connectivity index (χ1) is 22.0. The van der Waals surface area contributed by atoms with Crippen molar-refractivity contribution in [3.8, 4) is 0 Å². The second-order valence-electron chi connectivity index (χ2n) is 13.5. The number of hydrogen-bond donors (Lipinski definition) is 0.